The van der Waals surface area contributed by atoms with Gasteiger partial charge in [0, 0.05) is 18.1 Å². The van der Waals surface area contributed by atoms with Gasteiger partial charge in [-0.05, 0) is 24.6 Å². The Hall–Kier alpha value is -1.44. The van der Waals surface area contributed by atoms with E-state index in [1.165, 1.54) is 5.69 Å². The number of aromatic nitrogens is 1. The molecule has 0 aliphatic carbocycles. The Bertz CT molecular complexity index is 443. The van der Waals surface area contributed by atoms with Crippen LogP contribution in [0.2, 0.25) is 0 Å². The molecule has 0 atom stereocenters. The number of nitrogens with zero attached hydrogens (tertiary/aromatic N) is 1. The molecule has 1 aromatic heterocycles. The first-order chi connectivity index (χ1) is 6.24. The molecule has 68 valence electrons. The molecule has 0 aliphatic rings. The number of hydrogen-bond donors (Lipinski definition) is 1. The van der Waals surface area contributed by atoms with Crippen LogP contribution in [0, 0.1) is 0 Å². The van der Waals surface area contributed by atoms with E-state index in [4.69, 9.17) is 0 Å². The second kappa shape index (κ2) is 2.80. The Balaban J connectivity index is 2.83. The highest BCUT2D eigenvalue weighted by Gasteiger charge is 2.06. The van der Waals surface area contributed by atoms with E-state index in [0.717, 1.165) is 17.3 Å². The molecule has 0 aliphatic heterocycles. The lowest BCUT2D eigenvalue weighted by atomic mass is 10.2. The lowest BCUT2D eigenvalue weighted by Crippen LogP contribution is -1.92. The molecule has 0 radical (unpaired) electrons. The number of phenolic OH excluding ortho intramolecular Hbond substituents is 1. The Morgan fingerprint density at radius 3 is 2.77 bits per heavy atom. The molecule has 0 bridgehead atoms. The maximum absolute atomic E-state index is 9.59. The minimum atomic E-state index is 0.368. The van der Waals surface area contributed by atoms with Crippen LogP contribution >= 0.6 is 0 Å². The van der Waals surface area contributed by atoms with Crippen molar-refractivity contribution in [2.24, 2.45) is 7.05 Å². The van der Waals surface area contributed by atoms with Gasteiger partial charge in [0.1, 0.15) is 5.75 Å². The van der Waals surface area contributed by atoms with Crippen molar-refractivity contribution in [2.75, 3.05) is 0 Å². The molecule has 2 nitrogen and oxygen atoms in total. The summed E-state index contributed by atoms with van der Waals surface area (Å²) < 4.78 is 2.12. The lowest BCUT2D eigenvalue weighted by Gasteiger charge is -2.00. The summed E-state index contributed by atoms with van der Waals surface area (Å²) in [5, 5.41) is 10.5. The smallest absolute Gasteiger partial charge is 0.124 e. The van der Waals surface area contributed by atoms with Crippen LogP contribution in [-0.4, -0.2) is 9.67 Å². The number of hydrogen-bond acceptors (Lipinski definition) is 1. The van der Waals surface area contributed by atoms with Gasteiger partial charge in [0.05, 0.1) is 5.52 Å². The normalized spacial score (nSPS) is 10.9. The van der Waals surface area contributed by atoms with Crippen LogP contribution in [0.25, 0.3) is 10.9 Å². The summed E-state index contributed by atoms with van der Waals surface area (Å²) in [6.07, 6.45) is 0.991. The van der Waals surface area contributed by atoms with E-state index in [9.17, 15) is 5.11 Å². The highest BCUT2D eigenvalue weighted by atomic mass is 16.3. The van der Waals surface area contributed by atoms with Crippen molar-refractivity contribution in [3.8, 4) is 5.75 Å². The molecule has 1 aromatic carbocycles. The van der Waals surface area contributed by atoms with Crippen LogP contribution < -0.4 is 0 Å². The van der Waals surface area contributed by atoms with Crippen molar-refractivity contribution >= 4 is 10.9 Å². The second-order valence-corrected chi connectivity index (χ2v) is 3.26. The maximum atomic E-state index is 9.59. The third kappa shape index (κ3) is 1.10. The number of phenols is 1. The van der Waals surface area contributed by atoms with Crippen molar-refractivity contribution in [2.45, 2.75) is 13.3 Å². The number of rotatable bonds is 1. The number of fused-ring (bicyclic) bond motifs is 1. The predicted octanol–water partition coefficient (Wildman–Crippen LogP) is 2.45. The number of benzene rings is 1. The summed E-state index contributed by atoms with van der Waals surface area (Å²) >= 11 is 0. The summed E-state index contributed by atoms with van der Waals surface area (Å²) in [5.74, 6) is 0.368. The van der Waals surface area contributed by atoms with Crippen LogP contribution in [0.4, 0.5) is 0 Å². The quantitative estimate of drug-likeness (QED) is 0.707. The molecule has 2 aromatic rings. The third-order valence-corrected chi connectivity index (χ3v) is 2.53. The largest absolute Gasteiger partial charge is 0.507 e. The van der Waals surface area contributed by atoms with Crippen LogP contribution in [0.1, 0.15) is 12.6 Å². The van der Waals surface area contributed by atoms with Crippen LogP contribution in [-0.2, 0) is 13.5 Å². The molecular formula is C11H13NO. The zero-order chi connectivity index (χ0) is 9.42. The third-order valence-electron chi connectivity index (χ3n) is 2.53. The second-order valence-electron chi connectivity index (χ2n) is 3.26. The Labute approximate surface area is 77.4 Å². The van der Waals surface area contributed by atoms with E-state index in [0.29, 0.717) is 5.75 Å². The van der Waals surface area contributed by atoms with E-state index < -0.39 is 0 Å². The van der Waals surface area contributed by atoms with Gasteiger partial charge in [-0.3, -0.25) is 0 Å². The average molecular weight is 175 g/mol. The van der Waals surface area contributed by atoms with Gasteiger partial charge in [0.15, 0.2) is 0 Å². The van der Waals surface area contributed by atoms with Crippen molar-refractivity contribution < 1.29 is 5.11 Å². The summed E-state index contributed by atoms with van der Waals surface area (Å²) in [6, 6.07) is 7.66. The average Bonchev–Trinajstić information content (AvgIpc) is 2.45. The van der Waals surface area contributed by atoms with Crippen LogP contribution in [0.15, 0.2) is 24.3 Å². The topological polar surface area (TPSA) is 25.2 Å². The summed E-state index contributed by atoms with van der Waals surface area (Å²) in [7, 11) is 2.03. The maximum Gasteiger partial charge on any atom is 0.124 e. The van der Waals surface area contributed by atoms with E-state index >= 15 is 0 Å². The Morgan fingerprint density at radius 1 is 1.38 bits per heavy atom. The SMILES string of the molecule is CCc1cc2c(O)cccc2n1C. The van der Waals surface area contributed by atoms with Gasteiger partial charge >= 0.3 is 0 Å². The van der Waals surface area contributed by atoms with Gasteiger partial charge in [-0.15, -0.1) is 0 Å². The van der Waals surface area contributed by atoms with Gasteiger partial charge in [-0.25, -0.2) is 0 Å². The molecule has 13 heavy (non-hydrogen) atoms. The van der Waals surface area contributed by atoms with E-state index in [1.807, 2.05) is 25.2 Å². The molecule has 0 saturated carbocycles. The summed E-state index contributed by atoms with van der Waals surface area (Å²) in [6.45, 7) is 2.12. The monoisotopic (exact) mass is 175 g/mol. The fraction of sp³-hybridized carbons (Fsp3) is 0.273. The van der Waals surface area contributed by atoms with Gasteiger partial charge in [0.2, 0.25) is 0 Å². The fourth-order valence-electron chi connectivity index (χ4n) is 1.74. The van der Waals surface area contributed by atoms with Crippen molar-refractivity contribution in [1.82, 2.24) is 4.57 Å². The first kappa shape index (κ1) is 8.17. The van der Waals surface area contributed by atoms with Crippen molar-refractivity contribution in [1.29, 1.82) is 0 Å². The number of aryl methyl sites for hydroxylation is 2. The predicted molar refractivity (Wildman–Crippen MR) is 54.0 cm³/mol. The standard InChI is InChI=1S/C11H13NO/c1-3-8-7-9-10(12(8)2)5-4-6-11(9)13/h4-7,13H,3H2,1-2H3. The van der Waals surface area contributed by atoms with Gasteiger partial charge in [-0.1, -0.05) is 13.0 Å². The molecule has 1 heterocycles. The molecule has 1 N–H and O–H groups in total. The summed E-state index contributed by atoms with van der Waals surface area (Å²) in [5.41, 5.74) is 2.34. The van der Waals surface area contributed by atoms with Gasteiger partial charge in [-0.2, -0.15) is 0 Å². The van der Waals surface area contributed by atoms with E-state index in [2.05, 4.69) is 11.5 Å². The zero-order valence-electron chi connectivity index (χ0n) is 7.91. The zero-order valence-corrected chi connectivity index (χ0v) is 7.91. The molecule has 0 fully saturated rings. The molecular weight excluding hydrogens is 162 g/mol. The van der Waals surface area contributed by atoms with Crippen LogP contribution in [0.5, 0.6) is 5.75 Å². The number of aromatic hydroxyl groups is 1. The summed E-state index contributed by atoms with van der Waals surface area (Å²) in [4.78, 5) is 0. The lowest BCUT2D eigenvalue weighted by molar-refractivity contribution is 0.481. The highest BCUT2D eigenvalue weighted by Crippen LogP contribution is 2.26. The molecule has 2 rings (SSSR count). The van der Waals surface area contributed by atoms with E-state index in [-0.39, 0.29) is 0 Å². The molecule has 0 spiro atoms. The fourth-order valence-corrected chi connectivity index (χ4v) is 1.74. The van der Waals surface area contributed by atoms with Crippen LogP contribution in [0.3, 0.4) is 0 Å². The first-order valence-electron chi connectivity index (χ1n) is 4.50. The van der Waals surface area contributed by atoms with Gasteiger partial charge < -0.3 is 9.67 Å². The minimum absolute atomic E-state index is 0.368. The molecule has 0 unspecified atom stereocenters. The minimum Gasteiger partial charge on any atom is -0.507 e. The first-order valence-corrected chi connectivity index (χ1v) is 4.50. The molecule has 0 saturated heterocycles. The Kier molecular flexibility index (Phi) is 1.76. The Morgan fingerprint density at radius 2 is 2.15 bits per heavy atom. The van der Waals surface area contributed by atoms with E-state index in [1.54, 1.807) is 6.07 Å². The highest BCUT2D eigenvalue weighted by molar-refractivity contribution is 5.87. The molecule has 2 heteroatoms. The van der Waals surface area contributed by atoms with Gasteiger partial charge in [0.25, 0.3) is 0 Å². The van der Waals surface area contributed by atoms with Crippen molar-refractivity contribution in [3.05, 3.63) is 30.0 Å². The van der Waals surface area contributed by atoms with Crippen molar-refractivity contribution in [3.63, 3.8) is 0 Å². The molecule has 0 amide bonds.